The van der Waals surface area contributed by atoms with Crippen molar-refractivity contribution < 1.29 is 14.3 Å². The summed E-state index contributed by atoms with van der Waals surface area (Å²) in [5, 5.41) is 13.1. The lowest BCUT2D eigenvalue weighted by atomic mass is 10.1. The van der Waals surface area contributed by atoms with Gasteiger partial charge in [-0.2, -0.15) is 5.10 Å². The largest absolute Gasteiger partial charge is 0.492 e. The monoisotopic (exact) mass is 499 g/mol. The standard InChI is InChI=1S/C27H29N7O3/c1-34(2)9-11-36-21-6-7-24(28-16-21)33-27(35)19-5-3-4-18(12-19)13-29-26-22-8-10-37-25(22)23(17-30-26)20-14-31-32-15-20/h3-7,12,14-17H,8-11,13H2,1-2H3,(H,29,30)(H,31,32)(H,28,33,35). The summed E-state index contributed by atoms with van der Waals surface area (Å²) in [6.07, 6.45) is 7.77. The van der Waals surface area contributed by atoms with Crippen LogP contribution in [0.25, 0.3) is 11.1 Å². The van der Waals surface area contributed by atoms with Crippen molar-refractivity contribution in [2.24, 2.45) is 0 Å². The van der Waals surface area contributed by atoms with Crippen molar-refractivity contribution >= 4 is 17.5 Å². The Balaban J connectivity index is 1.21. The van der Waals surface area contributed by atoms with Crippen molar-refractivity contribution in [3.8, 4) is 22.6 Å². The van der Waals surface area contributed by atoms with E-state index >= 15 is 0 Å². The van der Waals surface area contributed by atoms with Gasteiger partial charge in [0.25, 0.3) is 5.91 Å². The number of benzene rings is 1. The number of carbonyl (C=O) groups excluding carboxylic acids is 1. The number of aromatic amines is 1. The summed E-state index contributed by atoms with van der Waals surface area (Å²) in [5.74, 6) is 2.52. The van der Waals surface area contributed by atoms with Crippen LogP contribution < -0.4 is 20.1 Å². The maximum atomic E-state index is 12.8. The predicted molar refractivity (Wildman–Crippen MR) is 141 cm³/mol. The normalized spacial score (nSPS) is 12.2. The molecule has 5 rings (SSSR count). The third-order valence-electron chi connectivity index (χ3n) is 5.97. The zero-order valence-corrected chi connectivity index (χ0v) is 20.8. The molecule has 0 saturated heterocycles. The van der Waals surface area contributed by atoms with E-state index in [-0.39, 0.29) is 5.91 Å². The third kappa shape index (κ3) is 5.87. The Morgan fingerprint density at radius 2 is 2.08 bits per heavy atom. The van der Waals surface area contributed by atoms with E-state index in [1.807, 2.05) is 43.4 Å². The second-order valence-corrected chi connectivity index (χ2v) is 8.95. The molecule has 1 aliphatic heterocycles. The highest BCUT2D eigenvalue weighted by atomic mass is 16.5. The molecular weight excluding hydrogens is 470 g/mol. The minimum atomic E-state index is -0.229. The number of aromatic nitrogens is 4. The fourth-order valence-electron chi connectivity index (χ4n) is 4.03. The van der Waals surface area contributed by atoms with E-state index in [1.54, 1.807) is 36.8 Å². The molecule has 0 atom stereocenters. The molecule has 4 aromatic rings. The number of hydrogen-bond donors (Lipinski definition) is 3. The Morgan fingerprint density at radius 1 is 1.16 bits per heavy atom. The molecule has 1 aliphatic rings. The Hall–Kier alpha value is -4.44. The smallest absolute Gasteiger partial charge is 0.256 e. The molecule has 3 N–H and O–H groups in total. The fourth-order valence-corrected chi connectivity index (χ4v) is 4.03. The van der Waals surface area contributed by atoms with Crippen molar-refractivity contribution in [1.29, 1.82) is 0 Å². The molecule has 4 heterocycles. The van der Waals surface area contributed by atoms with Gasteiger partial charge in [0.05, 0.1) is 19.0 Å². The lowest BCUT2D eigenvalue weighted by Crippen LogP contribution is -2.19. The molecule has 0 radical (unpaired) electrons. The molecule has 37 heavy (non-hydrogen) atoms. The molecule has 0 aliphatic carbocycles. The predicted octanol–water partition coefficient (Wildman–Crippen LogP) is 3.61. The second-order valence-electron chi connectivity index (χ2n) is 8.95. The number of amides is 1. The number of rotatable bonds is 10. The maximum Gasteiger partial charge on any atom is 0.256 e. The zero-order valence-electron chi connectivity index (χ0n) is 20.8. The van der Waals surface area contributed by atoms with E-state index in [4.69, 9.17) is 9.47 Å². The number of anilines is 2. The highest BCUT2D eigenvalue weighted by molar-refractivity contribution is 6.03. The first-order valence-electron chi connectivity index (χ1n) is 12.1. The van der Waals surface area contributed by atoms with E-state index in [9.17, 15) is 4.79 Å². The number of hydrogen-bond acceptors (Lipinski definition) is 8. The van der Waals surface area contributed by atoms with Gasteiger partial charge in [-0.15, -0.1) is 0 Å². The minimum absolute atomic E-state index is 0.229. The molecule has 0 unspecified atom stereocenters. The SMILES string of the molecule is CN(C)CCOc1ccc(NC(=O)c2cccc(CNc3ncc(-c4cn[nH]c4)c4c3CCO4)c2)nc1. The van der Waals surface area contributed by atoms with Gasteiger partial charge >= 0.3 is 0 Å². The minimum Gasteiger partial charge on any atom is -0.492 e. The summed E-state index contributed by atoms with van der Waals surface area (Å²) >= 11 is 0. The number of pyridine rings is 2. The average molecular weight is 500 g/mol. The van der Waals surface area contributed by atoms with Crippen molar-refractivity contribution in [3.63, 3.8) is 0 Å². The summed E-state index contributed by atoms with van der Waals surface area (Å²) in [4.78, 5) is 23.8. The first-order valence-corrected chi connectivity index (χ1v) is 12.1. The summed E-state index contributed by atoms with van der Waals surface area (Å²) in [7, 11) is 3.98. The van der Waals surface area contributed by atoms with Crippen LogP contribution in [0, 0.1) is 0 Å². The highest BCUT2D eigenvalue weighted by Crippen LogP contribution is 2.39. The molecule has 1 aromatic carbocycles. The van der Waals surface area contributed by atoms with Gasteiger partial charge < -0.3 is 25.0 Å². The molecule has 190 valence electrons. The lowest BCUT2D eigenvalue weighted by Gasteiger charge is -2.13. The van der Waals surface area contributed by atoms with Crippen LogP contribution in [0.2, 0.25) is 0 Å². The fraction of sp³-hybridized carbons (Fsp3) is 0.259. The van der Waals surface area contributed by atoms with Gasteiger partial charge in [0.2, 0.25) is 0 Å². The molecule has 10 nitrogen and oxygen atoms in total. The van der Waals surface area contributed by atoms with E-state index < -0.39 is 0 Å². The molecule has 0 spiro atoms. The number of ether oxygens (including phenoxy) is 2. The Morgan fingerprint density at radius 3 is 2.86 bits per heavy atom. The maximum absolute atomic E-state index is 12.8. The van der Waals surface area contributed by atoms with E-state index in [1.165, 1.54) is 0 Å². The lowest BCUT2D eigenvalue weighted by molar-refractivity contribution is 0.102. The summed E-state index contributed by atoms with van der Waals surface area (Å²) in [6.45, 7) is 2.52. The summed E-state index contributed by atoms with van der Waals surface area (Å²) in [6, 6.07) is 11.0. The number of carbonyl (C=O) groups is 1. The molecule has 0 saturated carbocycles. The van der Waals surface area contributed by atoms with E-state index in [0.717, 1.165) is 46.8 Å². The van der Waals surface area contributed by atoms with E-state index in [2.05, 4.69) is 30.8 Å². The van der Waals surface area contributed by atoms with Crippen LogP contribution in [0.15, 0.2) is 61.2 Å². The first kappa shape index (κ1) is 24.3. The Kier molecular flexibility index (Phi) is 7.27. The van der Waals surface area contributed by atoms with Crippen LogP contribution in [0.5, 0.6) is 11.5 Å². The van der Waals surface area contributed by atoms with Crippen molar-refractivity contribution in [3.05, 3.63) is 77.9 Å². The number of nitrogens with one attached hydrogen (secondary N) is 3. The molecule has 0 fully saturated rings. The van der Waals surface area contributed by atoms with Crippen LogP contribution in [-0.2, 0) is 13.0 Å². The number of H-pyrrole nitrogens is 1. The Labute approximate surface area is 215 Å². The number of fused-ring (bicyclic) bond motifs is 1. The average Bonchev–Trinajstić information content (AvgIpc) is 3.61. The van der Waals surface area contributed by atoms with Gasteiger partial charge in [-0.25, -0.2) is 9.97 Å². The number of likely N-dealkylation sites (N-methyl/N-ethyl adjacent to an activating group) is 1. The molecule has 3 aromatic heterocycles. The zero-order chi connectivity index (χ0) is 25.6. The molecule has 10 heteroatoms. The van der Waals surface area contributed by atoms with Crippen LogP contribution >= 0.6 is 0 Å². The van der Waals surface area contributed by atoms with Gasteiger partial charge in [0.1, 0.15) is 29.7 Å². The highest BCUT2D eigenvalue weighted by Gasteiger charge is 2.22. The summed E-state index contributed by atoms with van der Waals surface area (Å²) in [5.41, 5.74) is 4.42. The molecule has 1 amide bonds. The molecular formula is C27H29N7O3. The first-order chi connectivity index (χ1) is 18.1. The summed E-state index contributed by atoms with van der Waals surface area (Å²) < 4.78 is 11.6. The van der Waals surface area contributed by atoms with Crippen molar-refractivity contribution in [2.45, 2.75) is 13.0 Å². The Bertz CT molecular complexity index is 1360. The van der Waals surface area contributed by atoms with Crippen molar-refractivity contribution in [2.75, 3.05) is 44.5 Å². The molecule has 0 bridgehead atoms. The van der Waals surface area contributed by atoms with Crippen LogP contribution in [0.4, 0.5) is 11.6 Å². The van der Waals surface area contributed by atoms with Gasteiger partial charge in [-0.05, 0) is 43.9 Å². The second kappa shape index (κ2) is 11.1. The van der Waals surface area contributed by atoms with Crippen LogP contribution in [0.3, 0.4) is 0 Å². The van der Waals surface area contributed by atoms with Gasteiger partial charge in [0.15, 0.2) is 0 Å². The topological polar surface area (TPSA) is 117 Å². The van der Waals surface area contributed by atoms with Crippen LogP contribution in [-0.4, -0.2) is 64.8 Å². The van der Waals surface area contributed by atoms with Gasteiger partial charge in [0, 0.05) is 54.2 Å². The van der Waals surface area contributed by atoms with Gasteiger partial charge in [-0.1, -0.05) is 12.1 Å². The third-order valence-corrected chi connectivity index (χ3v) is 5.97. The van der Waals surface area contributed by atoms with Crippen LogP contribution in [0.1, 0.15) is 21.5 Å². The quantitative estimate of drug-likeness (QED) is 0.303. The van der Waals surface area contributed by atoms with Gasteiger partial charge in [-0.3, -0.25) is 9.89 Å². The van der Waals surface area contributed by atoms with E-state index in [0.29, 0.717) is 36.9 Å². The number of nitrogens with zero attached hydrogens (tertiary/aromatic N) is 4. The van der Waals surface area contributed by atoms with Crippen molar-refractivity contribution in [1.82, 2.24) is 25.1 Å².